The number of halogens is 1. The average Bonchev–Trinajstić information content (AvgIpc) is 3.03. The molecule has 0 saturated heterocycles. The molecular weight excluding hydrogens is 348 g/mol. The Balaban J connectivity index is 1.83. The van der Waals surface area contributed by atoms with Gasteiger partial charge in [0, 0.05) is 18.0 Å². The lowest BCUT2D eigenvalue weighted by molar-refractivity contribution is 0.102. The summed E-state index contributed by atoms with van der Waals surface area (Å²) in [5.74, 6) is 0.351. The Morgan fingerprint density at radius 1 is 1.08 bits per heavy atom. The predicted octanol–water partition coefficient (Wildman–Crippen LogP) is 4.61. The van der Waals surface area contributed by atoms with Gasteiger partial charge in [0.25, 0.3) is 5.91 Å². The van der Waals surface area contributed by atoms with Crippen LogP contribution in [0.4, 0.5) is 5.82 Å². The molecule has 4 aromatic rings. The van der Waals surface area contributed by atoms with Crippen LogP contribution in [0.2, 0.25) is 5.15 Å². The molecule has 6 heteroatoms. The Bertz CT molecular complexity index is 1090. The molecule has 26 heavy (non-hydrogen) atoms. The predicted molar refractivity (Wildman–Crippen MR) is 103 cm³/mol. The summed E-state index contributed by atoms with van der Waals surface area (Å²) in [5, 5.41) is 3.32. The van der Waals surface area contributed by atoms with Crippen molar-refractivity contribution in [1.82, 2.24) is 14.4 Å². The van der Waals surface area contributed by atoms with Crippen molar-refractivity contribution in [1.29, 1.82) is 0 Å². The Labute approximate surface area is 155 Å². The minimum absolute atomic E-state index is 0.269. The Morgan fingerprint density at radius 3 is 2.62 bits per heavy atom. The number of hydrogen-bond acceptors (Lipinski definition) is 3. The molecule has 0 saturated carbocycles. The fourth-order valence-electron chi connectivity index (χ4n) is 2.81. The molecule has 1 N–H and O–H groups in total. The maximum atomic E-state index is 12.7. The number of aryl methyl sites for hydroxylation is 1. The molecule has 0 aliphatic rings. The van der Waals surface area contributed by atoms with Gasteiger partial charge in [-0.3, -0.25) is 9.20 Å². The third-order valence-electron chi connectivity index (χ3n) is 4.11. The molecule has 0 fully saturated rings. The van der Waals surface area contributed by atoms with Crippen LogP contribution >= 0.6 is 11.6 Å². The number of anilines is 1. The summed E-state index contributed by atoms with van der Waals surface area (Å²) in [6, 6.07) is 16.9. The molecule has 0 radical (unpaired) electrons. The topological polar surface area (TPSA) is 59.3 Å². The lowest BCUT2D eigenvalue weighted by Crippen LogP contribution is -2.14. The van der Waals surface area contributed by atoms with Crippen LogP contribution in [0.5, 0.6) is 0 Å². The van der Waals surface area contributed by atoms with Crippen molar-refractivity contribution in [2.24, 2.45) is 0 Å². The molecule has 0 unspecified atom stereocenters. The molecule has 0 aliphatic carbocycles. The Hall–Kier alpha value is -3.18. The largest absolute Gasteiger partial charge is 0.306 e. The minimum Gasteiger partial charge on any atom is -0.306 e. The summed E-state index contributed by atoms with van der Waals surface area (Å²) < 4.78 is 1.89. The first-order valence-corrected chi connectivity index (χ1v) is 8.47. The number of hydrogen-bond donors (Lipinski definition) is 1. The second-order valence-electron chi connectivity index (χ2n) is 5.88. The Morgan fingerprint density at radius 2 is 1.88 bits per heavy atom. The number of nitrogens with one attached hydrogen (secondary N) is 1. The highest BCUT2D eigenvalue weighted by Crippen LogP contribution is 2.30. The van der Waals surface area contributed by atoms with Crippen molar-refractivity contribution in [2.45, 2.75) is 6.92 Å². The van der Waals surface area contributed by atoms with E-state index >= 15 is 0 Å². The second-order valence-corrected chi connectivity index (χ2v) is 6.27. The van der Waals surface area contributed by atoms with Gasteiger partial charge in [0.2, 0.25) is 0 Å². The first-order valence-electron chi connectivity index (χ1n) is 8.09. The van der Waals surface area contributed by atoms with E-state index in [9.17, 15) is 4.79 Å². The van der Waals surface area contributed by atoms with E-state index < -0.39 is 0 Å². The number of pyridine rings is 2. The van der Waals surface area contributed by atoms with E-state index in [1.54, 1.807) is 12.1 Å². The fourth-order valence-corrected chi connectivity index (χ4v) is 2.92. The van der Waals surface area contributed by atoms with Gasteiger partial charge in [-0.1, -0.05) is 48.0 Å². The fraction of sp³-hybridized carbons (Fsp3) is 0.0500. The van der Waals surface area contributed by atoms with E-state index in [2.05, 4.69) is 10.3 Å². The van der Waals surface area contributed by atoms with Crippen molar-refractivity contribution in [3.05, 3.63) is 83.3 Å². The van der Waals surface area contributed by atoms with Crippen molar-refractivity contribution >= 4 is 29.0 Å². The van der Waals surface area contributed by atoms with Gasteiger partial charge < -0.3 is 5.32 Å². The molecule has 0 aliphatic heterocycles. The number of benzene rings is 1. The van der Waals surface area contributed by atoms with Gasteiger partial charge in [-0.05, 0) is 30.7 Å². The number of aromatic nitrogens is 3. The highest BCUT2D eigenvalue weighted by molar-refractivity contribution is 6.29. The van der Waals surface area contributed by atoms with Crippen molar-refractivity contribution in [2.75, 3.05) is 5.32 Å². The van der Waals surface area contributed by atoms with Gasteiger partial charge in [-0.25, -0.2) is 9.97 Å². The molecule has 0 bridgehead atoms. The quantitative estimate of drug-likeness (QED) is 0.541. The van der Waals surface area contributed by atoms with Crippen LogP contribution in [0.15, 0.2) is 67.0 Å². The zero-order valence-electron chi connectivity index (χ0n) is 14.0. The van der Waals surface area contributed by atoms with Crippen LogP contribution in [-0.2, 0) is 0 Å². The number of imidazole rings is 1. The van der Waals surface area contributed by atoms with Crippen LogP contribution in [0.3, 0.4) is 0 Å². The van der Waals surface area contributed by atoms with Gasteiger partial charge in [-0.15, -0.1) is 0 Å². The highest BCUT2D eigenvalue weighted by atomic mass is 35.5. The average molecular weight is 363 g/mol. The molecular formula is C20H15ClN4O. The summed E-state index contributed by atoms with van der Waals surface area (Å²) >= 11 is 5.80. The minimum atomic E-state index is -0.269. The van der Waals surface area contributed by atoms with Gasteiger partial charge in [0.05, 0.1) is 5.56 Å². The van der Waals surface area contributed by atoms with E-state index in [0.717, 1.165) is 22.5 Å². The lowest BCUT2D eigenvalue weighted by atomic mass is 10.1. The van der Waals surface area contributed by atoms with E-state index in [0.29, 0.717) is 16.5 Å². The SMILES string of the molecule is Cc1cccn2c(NC(=O)c3ccc(Cl)nc3)c(-c3ccccc3)nc12. The van der Waals surface area contributed by atoms with E-state index in [-0.39, 0.29) is 5.91 Å². The molecule has 3 heterocycles. The van der Waals surface area contributed by atoms with Crippen molar-refractivity contribution in [3.63, 3.8) is 0 Å². The summed E-state index contributed by atoms with van der Waals surface area (Å²) in [7, 11) is 0. The molecule has 5 nitrogen and oxygen atoms in total. The molecule has 0 spiro atoms. The van der Waals surface area contributed by atoms with E-state index in [4.69, 9.17) is 16.6 Å². The number of amides is 1. The van der Waals surface area contributed by atoms with E-state index in [1.807, 2.05) is 60.0 Å². The normalized spacial score (nSPS) is 10.8. The maximum Gasteiger partial charge on any atom is 0.258 e. The van der Waals surface area contributed by atoms with Crippen molar-refractivity contribution < 1.29 is 4.79 Å². The first kappa shape index (κ1) is 16.3. The van der Waals surface area contributed by atoms with Gasteiger partial charge in [-0.2, -0.15) is 0 Å². The molecule has 4 rings (SSSR count). The molecule has 3 aromatic heterocycles. The van der Waals surface area contributed by atoms with Crippen LogP contribution in [-0.4, -0.2) is 20.3 Å². The summed E-state index contributed by atoms with van der Waals surface area (Å²) in [6.07, 6.45) is 3.34. The van der Waals surface area contributed by atoms with E-state index in [1.165, 1.54) is 6.20 Å². The lowest BCUT2D eigenvalue weighted by Gasteiger charge is -2.08. The van der Waals surface area contributed by atoms with Crippen LogP contribution in [0.1, 0.15) is 15.9 Å². The Kier molecular flexibility index (Phi) is 4.14. The number of carbonyl (C=O) groups is 1. The number of rotatable bonds is 3. The monoisotopic (exact) mass is 362 g/mol. The number of carbonyl (C=O) groups excluding carboxylic acids is 1. The molecule has 0 atom stereocenters. The molecule has 1 aromatic carbocycles. The first-order chi connectivity index (χ1) is 12.6. The van der Waals surface area contributed by atoms with Crippen LogP contribution in [0.25, 0.3) is 16.9 Å². The highest BCUT2D eigenvalue weighted by Gasteiger charge is 2.18. The van der Waals surface area contributed by atoms with Gasteiger partial charge in [0.1, 0.15) is 22.3 Å². The third kappa shape index (κ3) is 2.93. The van der Waals surface area contributed by atoms with Crippen LogP contribution < -0.4 is 5.32 Å². The molecule has 1 amide bonds. The second kappa shape index (κ2) is 6.61. The third-order valence-corrected chi connectivity index (χ3v) is 4.34. The smallest absolute Gasteiger partial charge is 0.258 e. The van der Waals surface area contributed by atoms with Gasteiger partial charge >= 0.3 is 0 Å². The summed E-state index contributed by atoms with van der Waals surface area (Å²) in [5.41, 5.74) is 3.90. The van der Waals surface area contributed by atoms with Gasteiger partial charge in [0.15, 0.2) is 0 Å². The zero-order valence-corrected chi connectivity index (χ0v) is 14.7. The number of fused-ring (bicyclic) bond motifs is 1. The van der Waals surface area contributed by atoms with Crippen molar-refractivity contribution in [3.8, 4) is 11.3 Å². The zero-order chi connectivity index (χ0) is 18.1. The number of nitrogens with zero attached hydrogens (tertiary/aromatic N) is 3. The summed E-state index contributed by atoms with van der Waals surface area (Å²) in [6.45, 7) is 1.99. The van der Waals surface area contributed by atoms with Crippen LogP contribution in [0, 0.1) is 6.92 Å². The standard InChI is InChI=1S/C20H15ClN4O/c1-13-6-5-11-25-18(13)23-17(14-7-3-2-4-8-14)19(25)24-20(26)15-9-10-16(21)22-12-15/h2-12H,1H3,(H,24,26). The maximum absolute atomic E-state index is 12.7. The molecule has 128 valence electrons. The summed E-state index contributed by atoms with van der Waals surface area (Å²) in [4.78, 5) is 21.4.